The summed E-state index contributed by atoms with van der Waals surface area (Å²) >= 11 is 3.19. The van der Waals surface area contributed by atoms with Gasteiger partial charge in [-0.05, 0) is 43.5 Å². The van der Waals surface area contributed by atoms with E-state index in [1.165, 1.54) is 4.88 Å². The van der Waals surface area contributed by atoms with Crippen molar-refractivity contribution in [3.63, 3.8) is 0 Å². The molecule has 0 saturated carbocycles. The van der Waals surface area contributed by atoms with Crippen molar-refractivity contribution < 1.29 is 4.79 Å². The Kier molecular flexibility index (Phi) is 6.01. The lowest BCUT2D eigenvalue weighted by atomic mass is 9.97. The molecule has 1 aliphatic heterocycles. The first-order valence-electron chi connectivity index (χ1n) is 7.74. The minimum absolute atomic E-state index is 0.00472. The number of carbonyl (C=O) groups excluding carboxylic acids is 1. The molecule has 23 heavy (non-hydrogen) atoms. The van der Waals surface area contributed by atoms with Gasteiger partial charge in [0, 0.05) is 29.2 Å². The number of carbonyl (C=O) groups is 1. The SMILES string of the molecule is O=C(CSCc1cccnc1)Nc1ncc(C2CCNCC2)s1. The zero-order valence-electron chi connectivity index (χ0n) is 12.8. The van der Waals surface area contributed by atoms with Crippen LogP contribution in [0.3, 0.4) is 0 Å². The number of aromatic nitrogens is 2. The van der Waals surface area contributed by atoms with Gasteiger partial charge in [0.2, 0.25) is 5.91 Å². The second kappa shape index (κ2) is 8.42. The van der Waals surface area contributed by atoms with Gasteiger partial charge in [0.05, 0.1) is 5.75 Å². The second-order valence-electron chi connectivity index (χ2n) is 5.49. The summed E-state index contributed by atoms with van der Waals surface area (Å²) in [6.45, 7) is 2.13. The Balaban J connectivity index is 1.43. The van der Waals surface area contributed by atoms with Gasteiger partial charge in [0.25, 0.3) is 0 Å². The number of hydrogen-bond acceptors (Lipinski definition) is 6. The third kappa shape index (κ3) is 5.02. The van der Waals surface area contributed by atoms with Crippen LogP contribution < -0.4 is 10.6 Å². The van der Waals surface area contributed by atoms with Crippen molar-refractivity contribution in [2.75, 3.05) is 24.2 Å². The average molecular weight is 348 g/mol. The van der Waals surface area contributed by atoms with E-state index in [9.17, 15) is 4.79 Å². The number of piperidine rings is 1. The molecular formula is C16H20N4OS2. The molecule has 1 aliphatic rings. The van der Waals surface area contributed by atoms with Gasteiger partial charge in [-0.2, -0.15) is 0 Å². The monoisotopic (exact) mass is 348 g/mol. The van der Waals surface area contributed by atoms with Crippen molar-refractivity contribution in [1.29, 1.82) is 0 Å². The van der Waals surface area contributed by atoms with Gasteiger partial charge in [-0.15, -0.1) is 23.1 Å². The summed E-state index contributed by atoms with van der Waals surface area (Å²) in [5.74, 6) is 1.81. The third-order valence-electron chi connectivity index (χ3n) is 3.74. The Morgan fingerprint density at radius 3 is 3.04 bits per heavy atom. The van der Waals surface area contributed by atoms with E-state index >= 15 is 0 Å². The van der Waals surface area contributed by atoms with E-state index in [0.29, 0.717) is 16.8 Å². The van der Waals surface area contributed by atoms with Crippen molar-refractivity contribution >= 4 is 34.1 Å². The second-order valence-corrected chi connectivity index (χ2v) is 7.54. The zero-order valence-corrected chi connectivity index (χ0v) is 14.5. The summed E-state index contributed by atoms with van der Waals surface area (Å²) in [6, 6.07) is 3.93. The molecule has 0 radical (unpaired) electrons. The van der Waals surface area contributed by atoms with E-state index in [0.717, 1.165) is 37.2 Å². The maximum atomic E-state index is 12.0. The van der Waals surface area contributed by atoms with Gasteiger partial charge >= 0.3 is 0 Å². The summed E-state index contributed by atoms with van der Waals surface area (Å²) in [7, 11) is 0. The molecule has 0 atom stereocenters. The standard InChI is InChI=1S/C16H20N4OS2/c21-15(11-22-10-12-2-1-5-18-8-12)20-16-19-9-14(23-16)13-3-6-17-7-4-13/h1-2,5,8-9,13,17H,3-4,6-7,10-11H2,(H,19,20,21). The van der Waals surface area contributed by atoms with E-state index in [2.05, 4.69) is 20.6 Å². The normalized spacial score (nSPS) is 15.5. The first kappa shape index (κ1) is 16.4. The van der Waals surface area contributed by atoms with Crippen LogP contribution in [-0.4, -0.2) is 34.7 Å². The summed E-state index contributed by atoms with van der Waals surface area (Å²) < 4.78 is 0. The Labute approximate surface area is 144 Å². The molecular weight excluding hydrogens is 328 g/mol. The molecule has 2 aromatic heterocycles. The van der Waals surface area contributed by atoms with Gasteiger partial charge in [-0.1, -0.05) is 6.07 Å². The number of anilines is 1. The Morgan fingerprint density at radius 2 is 2.26 bits per heavy atom. The highest BCUT2D eigenvalue weighted by Gasteiger charge is 2.18. The van der Waals surface area contributed by atoms with E-state index in [4.69, 9.17) is 0 Å². The molecule has 1 fully saturated rings. The molecule has 3 rings (SSSR count). The zero-order chi connectivity index (χ0) is 15.9. The first-order valence-corrected chi connectivity index (χ1v) is 9.71. The average Bonchev–Trinajstić information content (AvgIpc) is 3.05. The molecule has 0 aromatic carbocycles. The molecule has 3 heterocycles. The summed E-state index contributed by atoms with van der Waals surface area (Å²) in [4.78, 5) is 21.7. The van der Waals surface area contributed by atoms with Gasteiger partial charge in [-0.3, -0.25) is 9.78 Å². The molecule has 1 amide bonds. The summed E-state index contributed by atoms with van der Waals surface area (Å²) in [5, 5.41) is 6.98. The van der Waals surface area contributed by atoms with Crippen LogP contribution in [0.25, 0.3) is 0 Å². The molecule has 0 spiro atoms. The van der Waals surface area contributed by atoms with Gasteiger partial charge in [0.1, 0.15) is 0 Å². The number of thioether (sulfide) groups is 1. The van der Waals surface area contributed by atoms with Crippen LogP contribution >= 0.6 is 23.1 Å². The lowest BCUT2D eigenvalue weighted by Crippen LogP contribution is -2.26. The molecule has 122 valence electrons. The lowest BCUT2D eigenvalue weighted by molar-refractivity contribution is -0.113. The van der Waals surface area contributed by atoms with Crippen molar-refractivity contribution in [3.8, 4) is 0 Å². The smallest absolute Gasteiger partial charge is 0.236 e. The number of amides is 1. The highest BCUT2D eigenvalue weighted by molar-refractivity contribution is 7.99. The Bertz CT molecular complexity index is 626. The van der Waals surface area contributed by atoms with Crippen molar-refractivity contribution in [2.45, 2.75) is 24.5 Å². The first-order chi connectivity index (χ1) is 11.3. The number of nitrogens with one attached hydrogen (secondary N) is 2. The molecule has 1 saturated heterocycles. The van der Waals surface area contributed by atoms with Crippen LogP contribution in [0.1, 0.15) is 29.2 Å². The van der Waals surface area contributed by atoms with Crippen LogP contribution in [0.4, 0.5) is 5.13 Å². The lowest BCUT2D eigenvalue weighted by Gasteiger charge is -2.20. The van der Waals surface area contributed by atoms with Gasteiger partial charge < -0.3 is 10.6 Å². The third-order valence-corrected chi connectivity index (χ3v) is 5.82. The van der Waals surface area contributed by atoms with Crippen LogP contribution in [0, 0.1) is 0 Å². The number of rotatable bonds is 6. The molecule has 2 aromatic rings. The Hall–Kier alpha value is -1.44. The molecule has 0 unspecified atom stereocenters. The number of thiazole rings is 1. The van der Waals surface area contributed by atoms with E-state index < -0.39 is 0 Å². The molecule has 2 N–H and O–H groups in total. The maximum Gasteiger partial charge on any atom is 0.236 e. The van der Waals surface area contributed by atoms with Crippen LogP contribution in [0.5, 0.6) is 0 Å². The van der Waals surface area contributed by atoms with Crippen LogP contribution in [0.15, 0.2) is 30.7 Å². The molecule has 0 aliphatic carbocycles. The minimum atomic E-state index is 0.00472. The highest BCUT2D eigenvalue weighted by atomic mass is 32.2. The number of nitrogens with zero attached hydrogens (tertiary/aromatic N) is 2. The van der Waals surface area contributed by atoms with Crippen molar-refractivity contribution in [2.24, 2.45) is 0 Å². The maximum absolute atomic E-state index is 12.0. The summed E-state index contributed by atoms with van der Waals surface area (Å²) in [5.41, 5.74) is 1.13. The molecule has 0 bridgehead atoms. The van der Waals surface area contributed by atoms with Gasteiger partial charge in [-0.25, -0.2) is 4.98 Å². The predicted molar refractivity (Wildman–Crippen MR) is 96.0 cm³/mol. The number of hydrogen-bond donors (Lipinski definition) is 2. The van der Waals surface area contributed by atoms with E-state index in [-0.39, 0.29) is 5.91 Å². The minimum Gasteiger partial charge on any atom is -0.317 e. The highest BCUT2D eigenvalue weighted by Crippen LogP contribution is 2.31. The van der Waals surface area contributed by atoms with Crippen molar-refractivity contribution in [1.82, 2.24) is 15.3 Å². The fraction of sp³-hybridized carbons (Fsp3) is 0.438. The largest absolute Gasteiger partial charge is 0.317 e. The number of pyridine rings is 1. The summed E-state index contributed by atoms with van der Waals surface area (Å²) in [6.07, 6.45) is 7.80. The molecule has 5 nitrogen and oxygen atoms in total. The van der Waals surface area contributed by atoms with Crippen molar-refractivity contribution in [3.05, 3.63) is 41.2 Å². The quantitative estimate of drug-likeness (QED) is 0.840. The fourth-order valence-corrected chi connectivity index (χ4v) is 4.31. The van der Waals surface area contributed by atoms with Crippen LogP contribution in [0.2, 0.25) is 0 Å². The van der Waals surface area contributed by atoms with E-state index in [1.54, 1.807) is 29.3 Å². The van der Waals surface area contributed by atoms with Crippen LogP contribution in [-0.2, 0) is 10.5 Å². The Morgan fingerprint density at radius 1 is 1.39 bits per heavy atom. The van der Waals surface area contributed by atoms with E-state index in [1.807, 2.05) is 24.5 Å². The fourth-order valence-electron chi connectivity index (χ4n) is 2.54. The predicted octanol–water partition coefficient (Wildman–Crippen LogP) is 2.88. The van der Waals surface area contributed by atoms with Gasteiger partial charge in [0.15, 0.2) is 5.13 Å². The topological polar surface area (TPSA) is 66.9 Å². The molecule has 7 heteroatoms.